The van der Waals surface area contributed by atoms with Crippen molar-refractivity contribution in [2.24, 2.45) is 0 Å². The number of carbonyl (C=O) groups excluding carboxylic acids is 1. The van der Waals surface area contributed by atoms with E-state index in [2.05, 4.69) is 31.1 Å². The molecule has 0 atom stereocenters. The third-order valence-corrected chi connectivity index (χ3v) is 5.42. The lowest BCUT2D eigenvalue weighted by Crippen LogP contribution is -2.35. The molecular formula is C21H24ClN7O3. The lowest BCUT2D eigenvalue weighted by Gasteiger charge is -2.27. The fourth-order valence-corrected chi connectivity index (χ4v) is 3.71. The summed E-state index contributed by atoms with van der Waals surface area (Å²) < 4.78 is 1.95. The zero-order valence-electron chi connectivity index (χ0n) is 17.5. The quantitative estimate of drug-likeness (QED) is 0.381. The number of aliphatic hydroxyl groups is 1. The van der Waals surface area contributed by atoms with E-state index in [9.17, 15) is 9.90 Å². The van der Waals surface area contributed by atoms with Crippen molar-refractivity contribution in [3.63, 3.8) is 0 Å². The van der Waals surface area contributed by atoms with E-state index < -0.39 is 0 Å². The number of aliphatic hydroxyl groups excluding tert-OH is 1. The Kier molecular flexibility index (Phi) is 6.86. The number of anilines is 4. The number of rotatable bonds is 8. The molecule has 0 unspecified atom stereocenters. The van der Waals surface area contributed by atoms with Gasteiger partial charge in [-0.05, 0) is 12.1 Å². The highest BCUT2D eigenvalue weighted by Crippen LogP contribution is 2.31. The molecule has 1 aliphatic heterocycles. The molecule has 2 aromatic heterocycles. The van der Waals surface area contributed by atoms with Crippen LogP contribution in [0.4, 0.5) is 22.9 Å². The Morgan fingerprint density at radius 1 is 1.19 bits per heavy atom. The number of para-hydroxylation sites is 1. The predicted octanol–water partition coefficient (Wildman–Crippen LogP) is 2.52. The van der Waals surface area contributed by atoms with Gasteiger partial charge in [0.2, 0.25) is 0 Å². The second-order valence-corrected chi connectivity index (χ2v) is 7.62. The standard InChI is InChI=1S/C21H24ClN7O3/c1-32-27-21(31)14-4-2-3-5-16(14)25-17-10-20(23-11-15(17)22)26-18-12-24-29-7-6-28(8-9-30)13-19(18)29/h2-5,10-12,30H,6-9,13H2,1H3,(H,27,31)(H2,23,25,26). The number of nitrogens with zero attached hydrogens (tertiary/aromatic N) is 4. The van der Waals surface area contributed by atoms with Crippen molar-refractivity contribution in [2.45, 2.75) is 13.1 Å². The summed E-state index contributed by atoms with van der Waals surface area (Å²) in [5.74, 6) is 0.198. The van der Waals surface area contributed by atoms with Gasteiger partial charge in [-0.15, -0.1) is 0 Å². The van der Waals surface area contributed by atoms with Crippen LogP contribution in [0.5, 0.6) is 0 Å². The van der Waals surface area contributed by atoms with E-state index in [0.29, 0.717) is 40.9 Å². The van der Waals surface area contributed by atoms with Gasteiger partial charge in [-0.25, -0.2) is 10.5 Å². The van der Waals surface area contributed by atoms with Gasteiger partial charge in [-0.3, -0.25) is 19.2 Å². The van der Waals surface area contributed by atoms with Crippen molar-refractivity contribution in [3.8, 4) is 0 Å². The molecule has 3 aromatic rings. The zero-order chi connectivity index (χ0) is 22.5. The minimum atomic E-state index is -0.377. The summed E-state index contributed by atoms with van der Waals surface area (Å²) in [5.41, 5.74) is 5.76. The topological polar surface area (TPSA) is 117 Å². The average Bonchev–Trinajstić information content (AvgIpc) is 3.19. The van der Waals surface area contributed by atoms with Crippen LogP contribution in [-0.4, -0.2) is 57.5 Å². The van der Waals surface area contributed by atoms with Gasteiger partial charge in [0.1, 0.15) is 5.82 Å². The summed E-state index contributed by atoms with van der Waals surface area (Å²) in [7, 11) is 1.38. The molecule has 0 saturated heterocycles. The van der Waals surface area contributed by atoms with Crippen LogP contribution < -0.4 is 16.1 Å². The van der Waals surface area contributed by atoms with Gasteiger partial charge in [0.15, 0.2) is 0 Å². The summed E-state index contributed by atoms with van der Waals surface area (Å²) in [4.78, 5) is 23.5. The van der Waals surface area contributed by atoms with E-state index in [1.54, 1.807) is 30.5 Å². The molecule has 11 heteroatoms. The van der Waals surface area contributed by atoms with E-state index >= 15 is 0 Å². The molecule has 32 heavy (non-hydrogen) atoms. The molecule has 0 aliphatic carbocycles. The number of carbonyl (C=O) groups is 1. The summed E-state index contributed by atoms with van der Waals surface area (Å²) in [6.45, 7) is 3.03. The molecule has 0 saturated carbocycles. The fraction of sp³-hybridized carbons (Fsp3) is 0.286. The first-order valence-corrected chi connectivity index (χ1v) is 10.5. The van der Waals surface area contributed by atoms with Crippen molar-refractivity contribution >= 4 is 40.4 Å². The molecule has 4 N–H and O–H groups in total. The largest absolute Gasteiger partial charge is 0.395 e. The van der Waals surface area contributed by atoms with Crippen LogP contribution in [0, 0.1) is 0 Å². The van der Waals surface area contributed by atoms with Gasteiger partial charge in [-0.1, -0.05) is 23.7 Å². The molecule has 168 valence electrons. The van der Waals surface area contributed by atoms with E-state index in [4.69, 9.17) is 16.4 Å². The third kappa shape index (κ3) is 4.83. The number of halogens is 1. The average molecular weight is 458 g/mol. The van der Waals surface area contributed by atoms with Crippen molar-refractivity contribution < 1.29 is 14.7 Å². The van der Waals surface area contributed by atoms with Crippen molar-refractivity contribution in [2.75, 3.05) is 37.4 Å². The molecule has 10 nitrogen and oxygen atoms in total. The van der Waals surface area contributed by atoms with Crippen LogP contribution >= 0.6 is 11.6 Å². The second-order valence-electron chi connectivity index (χ2n) is 7.21. The smallest absolute Gasteiger partial charge is 0.276 e. The molecule has 0 radical (unpaired) electrons. The molecule has 0 spiro atoms. The maximum Gasteiger partial charge on any atom is 0.276 e. The fourth-order valence-electron chi connectivity index (χ4n) is 3.56. The van der Waals surface area contributed by atoms with E-state index in [-0.39, 0.29) is 12.5 Å². The van der Waals surface area contributed by atoms with Crippen LogP contribution in [0.1, 0.15) is 16.1 Å². The van der Waals surface area contributed by atoms with Crippen LogP contribution in [-0.2, 0) is 17.9 Å². The summed E-state index contributed by atoms with van der Waals surface area (Å²) in [6, 6.07) is 8.81. The monoisotopic (exact) mass is 457 g/mol. The molecular weight excluding hydrogens is 434 g/mol. The number of fused-ring (bicyclic) bond motifs is 1. The first-order valence-electron chi connectivity index (χ1n) is 10.1. The summed E-state index contributed by atoms with van der Waals surface area (Å²) >= 11 is 6.37. The normalized spacial score (nSPS) is 13.5. The zero-order valence-corrected chi connectivity index (χ0v) is 18.3. The van der Waals surface area contributed by atoms with E-state index in [0.717, 1.165) is 24.5 Å². The van der Waals surface area contributed by atoms with Gasteiger partial charge >= 0.3 is 0 Å². The second kappa shape index (κ2) is 9.96. The Balaban J connectivity index is 1.56. The maximum absolute atomic E-state index is 12.3. The van der Waals surface area contributed by atoms with Crippen LogP contribution in [0.3, 0.4) is 0 Å². The van der Waals surface area contributed by atoms with E-state index in [1.807, 2.05) is 10.7 Å². The molecule has 3 heterocycles. The SMILES string of the molecule is CONC(=O)c1ccccc1Nc1cc(Nc2cnn3c2CN(CCO)CC3)ncc1Cl. The Morgan fingerprint density at radius 3 is 2.84 bits per heavy atom. The Labute approximate surface area is 190 Å². The Bertz CT molecular complexity index is 1100. The number of amides is 1. The number of pyridine rings is 1. The van der Waals surface area contributed by atoms with Gasteiger partial charge in [0.25, 0.3) is 5.91 Å². The van der Waals surface area contributed by atoms with Gasteiger partial charge in [0.05, 0.1) is 66.0 Å². The Morgan fingerprint density at radius 2 is 2.03 bits per heavy atom. The molecule has 1 aromatic carbocycles. The number of aromatic nitrogens is 3. The predicted molar refractivity (Wildman–Crippen MR) is 121 cm³/mol. The molecule has 4 rings (SSSR count). The number of nitrogens with one attached hydrogen (secondary N) is 3. The van der Waals surface area contributed by atoms with Crippen molar-refractivity contribution in [3.05, 3.63) is 59.0 Å². The first kappa shape index (κ1) is 22.0. The minimum Gasteiger partial charge on any atom is -0.395 e. The number of hydrogen-bond acceptors (Lipinski definition) is 8. The molecule has 1 amide bonds. The molecule has 0 bridgehead atoms. The lowest BCUT2D eigenvalue weighted by molar-refractivity contribution is 0.0538. The van der Waals surface area contributed by atoms with Gasteiger partial charge in [0, 0.05) is 25.7 Å². The number of hydrogen-bond donors (Lipinski definition) is 4. The number of β-amino-alcohol motifs (C(OH)–C–C–N with tert-alkyl or cyclic N) is 1. The van der Waals surface area contributed by atoms with Crippen LogP contribution in [0.25, 0.3) is 0 Å². The highest BCUT2D eigenvalue weighted by molar-refractivity contribution is 6.33. The third-order valence-electron chi connectivity index (χ3n) is 5.12. The maximum atomic E-state index is 12.3. The molecule has 0 fully saturated rings. The first-order chi connectivity index (χ1) is 15.6. The van der Waals surface area contributed by atoms with Crippen LogP contribution in [0.2, 0.25) is 5.02 Å². The highest BCUT2D eigenvalue weighted by Gasteiger charge is 2.20. The lowest BCUT2D eigenvalue weighted by atomic mass is 10.1. The number of benzene rings is 1. The Hall–Kier alpha value is -3.18. The summed E-state index contributed by atoms with van der Waals surface area (Å²) in [5, 5.41) is 20.6. The minimum absolute atomic E-state index is 0.120. The van der Waals surface area contributed by atoms with Crippen molar-refractivity contribution in [1.82, 2.24) is 25.1 Å². The number of hydroxylamine groups is 1. The summed E-state index contributed by atoms with van der Waals surface area (Å²) in [6.07, 6.45) is 3.31. The van der Waals surface area contributed by atoms with Crippen LogP contribution in [0.15, 0.2) is 42.7 Å². The van der Waals surface area contributed by atoms with Gasteiger partial charge in [-0.2, -0.15) is 5.10 Å². The van der Waals surface area contributed by atoms with Crippen molar-refractivity contribution in [1.29, 1.82) is 0 Å². The van der Waals surface area contributed by atoms with E-state index in [1.165, 1.54) is 13.3 Å². The molecule has 1 aliphatic rings. The van der Waals surface area contributed by atoms with Gasteiger partial charge < -0.3 is 15.7 Å². The highest BCUT2D eigenvalue weighted by atomic mass is 35.5.